The molecule has 0 bridgehead atoms. The summed E-state index contributed by atoms with van der Waals surface area (Å²) in [7, 11) is 1.08. The molecule has 8 heteroatoms. The van der Waals surface area contributed by atoms with Crippen LogP contribution in [0.5, 0.6) is 0 Å². The number of imidazole rings is 1. The van der Waals surface area contributed by atoms with Gasteiger partial charge in [0.25, 0.3) is 0 Å². The molecule has 0 aromatic carbocycles. The van der Waals surface area contributed by atoms with Crippen molar-refractivity contribution in [1.29, 1.82) is 0 Å². The number of aromatic amines is 1. The van der Waals surface area contributed by atoms with Gasteiger partial charge in [0.1, 0.15) is 11.5 Å². The maximum Gasteiger partial charge on any atom is 0.432 e. The number of hydrogen-bond acceptors (Lipinski definition) is 4. The summed E-state index contributed by atoms with van der Waals surface area (Å²) in [6.45, 7) is 0. The van der Waals surface area contributed by atoms with Crippen LogP contribution in [0.25, 0.3) is 0 Å². The van der Waals surface area contributed by atoms with Gasteiger partial charge in [0.2, 0.25) is 0 Å². The second-order valence-corrected chi connectivity index (χ2v) is 2.68. The van der Waals surface area contributed by atoms with Crippen molar-refractivity contribution in [3.8, 4) is 0 Å². The molecule has 0 saturated heterocycles. The van der Waals surface area contributed by atoms with E-state index in [4.69, 9.17) is 5.73 Å². The van der Waals surface area contributed by atoms with Crippen molar-refractivity contribution in [3.63, 3.8) is 0 Å². The standard InChI is InChI=1S/C7H8F3N3O2/c1-15-6(14)4(11)5-12-2-3(13-5)7(8,9)10/h2,4H,11H2,1H3,(H,12,13)/t4-/m0/s1. The molecule has 84 valence electrons. The van der Waals surface area contributed by atoms with E-state index in [1.807, 2.05) is 4.98 Å². The number of esters is 1. The molecule has 0 aliphatic heterocycles. The van der Waals surface area contributed by atoms with Crippen LogP contribution in [0.3, 0.4) is 0 Å². The SMILES string of the molecule is COC(=O)[C@@H](N)c1ncc(C(F)(F)F)[nH]1. The zero-order chi connectivity index (χ0) is 11.6. The maximum atomic E-state index is 12.1. The first kappa shape index (κ1) is 11.5. The van der Waals surface area contributed by atoms with Gasteiger partial charge >= 0.3 is 12.1 Å². The van der Waals surface area contributed by atoms with Gasteiger partial charge < -0.3 is 15.5 Å². The highest BCUT2D eigenvalue weighted by molar-refractivity contribution is 5.76. The molecule has 0 saturated carbocycles. The van der Waals surface area contributed by atoms with E-state index in [0.717, 1.165) is 7.11 Å². The highest BCUT2D eigenvalue weighted by Crippen LogP contribution is 2.27. The second-order valence-electron chi connectivity index (χ2n) is 2.68. The number of alkyl halides is 3. The Morgan fingerprint density at radius 2 is 2.27 bits per heavy atom. The number of ether oxygens (including phenoxy) is 1. The molecule has 0 aliphatic rings. The van der Waals surface area contributed by atoms with Crippen LogP contribution in [0.15, 0.2) is 6.20 Å². The van der Waals surface area contributed by atoms with Crippen molar-refractivity contribution < 1.29 is 22.7 Å². The summed E-state index contributed by atoms with van der Waals surface area (Å²) in [5, 5.41) is 0. The molecule has 1 rings (SSSR count). The molecular weight excluding hydrogens is 215 g/mol. The van der Waals surface area contributed by atoms with Gasteiger partial charge in [-0.05, 0) is 0 Å². The van der Waals surface area contributed by atoms with Crippen molar-refractivity contribution in [1.82, 2.24) is 9.97 Å². The summed E-state index contributed by atoms with van der Waals surface area (Å²) in [5.41, 5.74) is 4.21. The lowest BCUT2D eigenvalue weighted by Crippen LogP contribution is -2.24. The Balaban J connectivity index is 2.89. The molecular formula is C7H8F3N3O2. The summed E-state index contributed by atoms with van der Waals surface area (Å²) in [4.78, 5) is 16.1. The summed E-state index contributed by atoms with van der Waals surface area (Å²) in [5.74, 6) is -1.15. The van der Waals surface area contributed by atoms with Crippen LogP contribution in [-0.4, -0.2) is 23.0 Å². The van der Waals surface area contributed by atoms with Crippen molar-refractivity contribution in [2.75, 3.05) is 7.11 Å². The third-order valence-corrected chi connectivity index (χ3v) is 1.65. The monoisotopic (exact) mass is 223 g/mol. The molecule has 1 heterocycles. The third kappa shape index (κ3) is 2.46. The van der Waals surface area contributed by atoms with Crippen LogP contribution in [0, 0.1) is 0 Å². The van der Waals surface area contributed by atoms with Crippen LogP contribution in [-0.2, 0) is 15.7 Å². The fraction of sp³-hybridized carbons (Fsp3) is 0.429. The van der Waals surface area contributed by atoms with E-state index in [1.165, 1.54) is 0 Å². The summed E-state index contributed by atoms with van der Waals surface area (Å²) >= 11 is 0. The number of halogens is 3. The predicted octanol–water partition coefficient (Wildman–Crippen LogP) is 0.601. The van der Waals surface area contributed by atoms with E-state index in [-0.39, 0.29) is 5.82 Å². The largest absolute Gasteiger partial charge is 0.468 e. The Morgan fingerprint density at radius 1 is 1.67 bits per heavy atom. The van der Waals surface area contributed by atoms with E-state index < -0.39 is 23.9 Å². The predicted molar refractivity (Wildman–Crippen MR) is 42.5 cm³/mol. The Hall–Kier alpha value is -1.57. The average Bonchev–Trinajstić information content (AvgIpc) is 2.63. The molecule has 1 atom stereocenters. The number of nitrogens with two attached hydrogens (primary N) is 1. The first-order valence-electron chi connectivity index (χ1n) is 3.81. The molecule has 0 unspecified atom stereocenters. The minimum atomic E-state index is -4.54. The Kier molecular flexibility index (Phi) is 2.98. The quantitative estimate of drug-likeness (QED) is 0.719. The number of carbonyl (C=O) groups excluding carboxylic acids is 1. The highest BCUT2D eigenvalue weighted by Gasteiger charge is 2.34. The first-order chi connectivity index (χ1) is 6.86. The topological polar surface area (TPSA) is 81.0 Å². The molecule has 0 aliphatic carbocycles. The van der Waals surface area contributed by atoms with Gasteiger partial charge in [-0.25, -0.2) is 9.78 Å². The Labute approximate surface area is 82.4 Å². The summed E-state index contributed by atoms with van der Waals surface area (Å²) < 4.78 is 40.6. The minimum Gasteiger partial charge on any atom is -0.468 e. The lowest BCUT2D eigenvalue weighted by atomic mass is 10.3. The van der Waals surface area contributed by atoms with Crippen LogP contribution < -0.4 is 5.73 Å². The van der Waals surface area contributed by atoms with Crippen molar-refractivity contribution >= 4 is 5.97 Å². The Morgan fingerprint density at radius 3 is 2.67 bits per heavy atom. The van der Waals surface area contributed by atoms with Crippen molar-refractivity contribution in [2.24, 2.45) is 5.73 Å². The highest BCUT2D eigenvalue weighted by atomic mass is 19.4. The summed E-state index contributed by atoms with van der Waals surface area (Å²) in [6, 6.07) is -1.34. The number of carbonyl (C=O) groups is 1. The normalized spacial score (nSPS) is 13.7. The number of nitrogens with zero attached hydrogens (tertiary/aromatic N) is 1. The molecule has 0 fully saturated rings. The fourth-order valence-electron chi connectivity index (χ4n) is 0.877. The number of nitrogens with one attached hydrogen (secondary N) is 1. The van der Waals surface area contributed by atoms with Gasteiger partial charge in [-0.15, -0.1) is 0 Å². The number of hydrogen-bond donors (Lipinski definition) is 2. The van der Waals surface area contributed by atoms with Crippen LogP contribution in [0.2, 0.25) is 0 Å². The number of H-pyrrole nitrogens is 1. The lowest BCUT2D eigenvalue weighted by Gasteiger charge is -2.06. The van der Waals surface area contributed by atoms with Gasteiger partial charge in [-0.2, -0.15) is 13.2 Å². The third-order valence-electron chi connectivity index (χ3n) is 1.65. The van der Waals surface area contributed by atoms with Gasteiger partial charge in [0.15, 0.2) is 6.04 Å². The lowest BCUT2D eigenvalue weighted by molar-refractivity contribution is -0.143. The van der Waals surface area contributed by atoms with Crippen LogP contribution in [0.4, 0.5) is 13.2 Å². The van der Waals surface area contributed by atoms with Crippen LogP contribution >= 0.6 is 0 Å². The van der Waals surface area contributed by atoms with E-state index in [1.54, 1.807) is 0 Å². The van der Waals surface area contributed by atoms with Gasteiger partial charge in [0, 0.05) is 0 Å². The molecule has 0 amide bonds. The first-order valence-corrected chi connectivity index (χ1v) is 3.81. The zero-order valence-electron chi connectivity index (χ0n) is 7.63. The molecule has 15 heavy (non-hydrogen) atoms. The van der Waals surface area contributed by atoms with Crippen molar-refractivity contribution in [3.05, 3.63) is 17.7 Å². The molecule has 5 nitrogen and oxygen atoms in total. The zero-order valence-corrected chi connectivity index (χ0v) is 7.63. The molecule has 0 radical (unpaired) electrons. The average molecular weight is 223 g/mol. The van der Waals surface area contributed by atoms with Crippen molar-refractivity contribution in [2.45, 2.75) is 12.2 Å². The van der Waals surface area contributed by atoms with Gasteiger partial charge in [-0.3, -0.25) is 0 Å². The molecule has 3 N–H and O–H groups in total. The van der Waals surface area contributed by atoms with E-state index >= 15 is 0 Å². The minimum absolute atomic E-state index is 0.283. The number of methoxy groups -OCH3 is 1. The fourth-order valence-corrected chi connectivity index (χ4v) is 0.877. The number of rotatable bonds is 2. The molecule has 1 aromatic rings. The molecule has 1 aromatic heterocycles. The Bertz CT molecular complexity index is 361. The second kappa shape index (κ2) is 3.89. The van der Waals surface area contributed by atoms with Gasteiger partial charge in [0.05, 0.1) is 13.3 Å². The van der Waals surface area contributed by atoms with E-state index in [9.17, 15) is 18.0 Å². The van der Waals surface area contributed by atoms with Crippen LogP contribution in [0.1, 0.15) is 17.6 Å². The maximum absolute atomic E-state index is 12.1. The van der Waals surface area contributed by atoms with E-state index in [2.05, 4.69) is 9.72 Å². The van der Waals surface area contributed by atoms with Gasteiger partial charge in [-0.1, -0.05) is 0 Å². The van der Waals surface area contributed by atoms with E-state index in [0.29, 0.717) is 6.20 Å². The number of aromatic nitrogens is 2. The molecule has 0 spiro atoms. The summed E-state index contributed by atoms with van der Waals surface area (Å²) in [6.07, 6.45) is -3.97. The smallest absolute Gasteiger partial charge is 0.432 e.